The minimum atomic E-state index is 0.101. The molecular weight excluding hydrogens is 400 g/mol. The van der Waals surface area contributed by atoms with Gasteiger partial charge in [0.2, 0.25) is 0 Å². The summed E-state index contributed by atoms with van der Waals surface area (Å²) in [6.07, 6.45) is 0.759. The second kappa shape index (κ2) is 10.1. The van der Waals surface area contributed by atoms with E-state index in [4.69, 9.17) is 21.1 Å². The van der Waals surface area contributed by atoms with Crippen molar-refractivity contribution in [1.82, 2.24) is 0 Å². The van der Waals surface area contributed by atoms with Gasteiger partial charge < -0.3 is 19.7 Å². The summed E-state index contributed by atoms with van der Waals surface area (Å²) in [7, 11) is 1.54. The number of hydrogen-bond donors (Lipinski definition) is 2. The molecule has 0 amide bonds. The van der Waals surface area contributed by atoms with Crippen molar-refractivity contribution in [1.29, 1.82) is 0 Å². The third kappa shape index (κ3) is 4.89. The van der Waals surface area contributed by atoms with E-state index in [0.29, 0.717) is 18.2 Å². The number of rotatable bonds is 8. The summed E-state index contributed by atoms with van der Waals surface area (Å²) in [6, 6.07) is 20.4. The quantitative estimate of drug-likeness (QED) is 0.339. The minimum Gasteiger partial charge on any atom is -0.508 e. The van der Waals surface area contributed by atoms with Gasteiger partial charge in [-0.1, -0.05) is 37.3 Å². The number of halogens is 1. The molecule has 0 atom stereocenters. The van der Waals surface area contributed by atoms with Crippen molar-refractivity contribution in [2.45, 2.75) is 13.3 Å². The molecule has 0 bridgehead atoms. The SMILES string of the molecule is CC/C(=C(/c1ccc(O)cc1)c1ccc(OCCCl)cc1)c1ccc(O)c(OC)c1. The molecule has 0 fully saturated rings. The Bertz CT molecular complexity index is 1010. The topological polar surface area (TPSA) is 58.9 Å². The van der Waals surface area contributed by atoms with E-state index in [9.17, 15) is 10.2 Å². The van der Waals surface area contributed by atoms with Crippen molar-refractivity contribution in [3.63, 3.8) is 0 Å². The Morgan fingerprint density at radius 1 is 0.867 bits per heavy atom. The van der Waals surface area contributed by atoms with Crippen LogP contribution < -0.4 is 9.47 Å². The van der Waals surface area contributed by atoms with Crippen molar-refractivity contribution in [2.24, 2.45) is 0 Å². The molecule has 0 saturated heterocycles. The number of alkyl halides is 1. The van der Waals surface area contributed by atoms with E-state index in [1.165, 1.54) is 7.11 Å². The van der Waals surface area contributed by atoms with Crippen LogP contribution in [-0.2, 0) is 0 Å². The van der Waals surface area contributed by atoms with Crippen molar-refractivity contribution in [2.75, 3.05) is 19.6 Å². The summed E-state index contributed by atoms with van der Waals surface area (Å²) in [5.74, 6) is 1.93. The minimum absolute atomic E-state index is 0.101. The number of phenolic OH excluding ortho intramolecular Hbond substituents is 2. The van der Waals surface area contributed by atoms with Gasteiger partial charge in [0, 0.05) is 0 Å². The summed E-state index contributed by atoms with van der Waals surface area (Å²) in [6.45, 7) is 2.54. The number of ether oxygens (including phenoxy) is 2. The first-order chi connectivity index (χ1) is 14.6. The molecule has 5 heteroatoms. The third-order valence-electron chi connectivity index (χ3n) is 4.83. The average molecular weight is 425 g/mol. The van der Waals surface area contributed by atoms with E-state index >= 15 is 0 Å². The third-order valence-corrected chi connectivity index (χ3v) is 4.98. The van der Waals surface area contributed by atoms with Gasteiger partial charge in [0.15, 0.2) is 11.5 Å². The second-order valence-electron chi connectivity index (χ2n) is 6.70. The summed E-state index contributed by atoms with van der Waals surface area (Å²) in [5.41, 5.74) is 5.08. The molecule has 156 valence electrons. The Labute approximate surface area is 182 Å². The van der Waals surface area contributed by atoms with Crippen molar-refractivity contribution in [3.8, 4) is 23.0 Å². The van der Waals surface area contributed by atoms with Gasteiger partial charge >= 0.3 is 0 Å². The van der Waals surface area contributed by atoms with Gasteiger partial charge in [0.05, 0.1) is 13.0 Å². The molecule has 0 aliphatic carbocycles. The highest BCUT2D eigenvalue weighted by Crippen LogP contribution is 2.38. The number of phenols is 2. The predicted octanol–water partition coefficient (Wildman–Crippen LogP) is 6.09. The maximum Gasteiger partial charge on any atom is 0.161 e. The first kappa shape index (κ1) is 21.6. The Morgan fingerprint density at radius 3 is 2.03 bits per heavy atom. The van der Waals surface area contributed by atoms with Crippen LogP contribution in [0, 0.1) is 0 Å². The summed E-state index contributed by atoms with van der Waals surface area (Å²) < 4.78 is 10.9. The van der Waals surface area contributed by atoms with Gasteiger partial charge in [-0.2, -0.15) is 0 Å². The lowest BCUT2D eigenvalue weighted by atomic mass is 9.88. The lowest BCUT2D eigenvalue weighted by Crippen LogP contribution is -1.99. The number of allylic oxidation sites excluding steroid dienone is 1. The molecule has 0 radical (unpaired) electrons. The molecule has 30 heavy (non-hydrogen) atoms. The van der Waals surface area contributed by atoms with Gasteiger partial charge in [0.1, 0.15) is 18.1 Å². The fourth-order valence-electron chi connectivity index (χ4n) is 3.41. The van der Waals surface area contributed by atoms with E-state index in [2.05, 4.69) is 6.92 Å². The zero-order chi connectivity index (χ0) is 21.5. The zero-order valence-electron chi connectivity index (χ0n) is 17.1. The van der Waals surface area contributed by atoms with E-state index in [-0.39, 0.29) is 11.5 Å². The van der Waals surface area contributed by atoms with E-state index in [1.807, 2.05) is 48.5 Å². The normalized spacial score (nSPS) is 11.7. The van der Waals surface area contributed by atoms with E-state index in [1.54, 1.807) is 18.2 Å². The molecule has 0 heterocycles. The van der Waals surface area contributed by atoms with Gasteiger partial charge in [0.25, 0.3) is 0 Å². The molecule has 0 aromatic heterocycles. The molecule has 2 N–H and O–H groups in total. The van der Waals surface area contributed by atoms with Crippen molar-refractivity contribution >= 4 is 22.7 Å². The van der Waals surface area contributed by atoms with Crippen LogP contribution in [0.5, 0.6) is 23.0 Å². The van der Waals surface area contributed by atoms with Crippen LogP contribution in [0.25, 0.3) is 11.1 Å². The number of methoxy groups -OCH3 is 1. The van der Waals surface area contributed by atoms with Crippen molar-refractivity contribution < 1.29 is 19.7 Å². The summed E-state index contributed by atoms with van der Waals surface area (Å²) >= 11 is 5.71. The van der Waals surface area contributed by atoms with Gasteiger partial charge in [-0.3, -0.25) is 0 Å². The lowest BCUT2D eigenvalue weighted by Gasteiger charge is -2.18. The Morgan fingerprint density at radius 2 is 1.47 bits per heavy atom. The molecule has 0 spiro atoms. The Kier molecular flexibility index (Phi) is 7.26. The highest BCUT2D eigenvalue weighted by atomic mass is 35.5. The molecular formula is C25H25ClO4. The monoisotopic (exact) mass is 424 g/mol. The highest BCUT2D eigenvalue weighted by molar-refractivity contribution is 6.18. The van der Waals surface area contributed by atoms with Gasteiger partial charge in [-0.25, -0.2) is 0 Å². The van der Waals surface area contributed by atoms with Crippen LogP contribution in [0.1, 0.15) is 30.0 Å². The van der Waals surface area contributed by atoms with Crippen LogP contribution in [0.2, 0.25) is 0 Å². The van der Waals surface area contributed by atoms with Crippen LogP contribution in [0.4, 0.5) is 0 Å². The maximum absolute atomic E-state index is 10.0. The first-order valence-electron chi connectivity index (χ1n) is 9.76. The Balaban J connectivity index is 2.18. The smallest absolute Gasteiger partial charge is 0.161 e. The van der Waals surface area contributed by atoms with E-state index < -0.39 is 0 Å². The maximum atomic E-state index is 10.0. The first-order valence-corrected chi connectivity index (χ1v) is 10.3. The standard InChI is InChI=1S/C25H25ClO4/c1-3-22(19-8-13-23(28)24(16-19)29-2)25(17-4-9-20(27)10-5-17)18-6-11-21(12-7-18)30-15-14-26/h4-13,16,27-28H,3,14-15H2,1-2H3/b25-22+. The average Bonchev–Trinajstić information content (AvgIpc) is 2.78. The van der Waals surface area contributed by atoms with Crippen LogP contribution in [-0.4, -0.2) is 29.8 Å². The second-order valence-corrected chi connectivity index (χ2v) is 7.08. The molecule has 4 nitrogen and oxygen atoms in total. The molecule has 3 rings (SSSR count). The van der Waals surface area contributed by atoms with E-state index in [0.717, 1.165) is 40.0 Å². The molecule has 3 aromatic carbocycles. The van der Waals surface area contributed by atoms with Crippen LogP contribution >= 0.6 is 11.6 Å². The lowest BCUT2D eigenvalue weighted by molar-refractivity contribution is 0.343. The summed E-state index contributed by atoms with van der Waals surface area (Å²) in [5, 5.41) is 19.8. The van der Waals surface area contributed by atoms with Gasteiger partial charge in [-0.05, 0) is 70.7 Å². The molecule has 3 aromatic rings. The Hall–Kier alpha value is -3.11. The molecule has 0 unspecified atom stereocenters. The predicted molar refractivity (Wildman–Crippen MR) is 122 cm³/mol. The van der Waals surface area contributed by atoms with Crippen LogP contribution in [0.15, 0.2) is 66.7 Å². The van der Waals surface area contributed by atoms with Crippen LogP contribution in [0.3, 0.4) is 0 Å². The summed E-state index contributed by atoms with van der Waals surface area (Å²) in [4.78, 5) is 0. The zero-order valence-corrected chi connectivity index (χ0v) is 17.8. The largest absolute Gasteiger partial charge is 0.508 e. The van der Waals surface area contributed by atoms with Crippen molar-refractivity contribution in [3.05, 3.63) is 83.4 Å². The molecule has 0 saturated carbocycles. The molecule has 0 aliphatic heterocycles. The fourth-order valence-corrected chi connectivity index (χ4v) is 3.49. The number of benzene rings is 3. The highest BCUT2D eigenvalue weighted by Gasteiger charge is 2.15. The van der Waals surface area contributed by atoms with Gasteiger partial charge in [-0.15, -0.1) is 11.6 Å². The molecule has 0 aliphatic rings. The number of hydrogen-bond acceptors (Lipinski definition) is 4. The number of aromatic hydroxyl groups is 2. The fraction of sp³-hybridized carbons (Fsp3) is 0.200.